The Hall–Kier alpha value is -2.69. The first-order valence-electron chi connectivity index (χ1n) is 7.57. The molecule has 1 amide bonds. The van der Waals surface area contributed by atoms with Gasteiger partial charge in [0.15, 0.2) is 11.5 Å². The number of nitrogens with zero attached hydrogens (tertiary/aromatic N) is 1. The molecule has 0 radical (unpaired) electrons. The van der Waals surface area contributed by atoms with Gasteiger partial charge in [-0.05, 0) is 31.0 Å². The van der Waals surface area contributed by atoms with Crippen molar-refractivity contribution in [3.05, 3.63) is 47.5 Å². The number of fused-ring (bicyclic) bond motifs is 1. The van der Waals surface area contributed by atoms with Crippen molar-refractivity contribution in [1.82, 2.24) is 0 Å². The summed E-state index contributed by atoms with van der Waals surface area (Å²) < 4.78 is 5.15. The first-order chi connectivity index (χ1) is 11.1. The van der Waals surface area contributed by atoms with Gasteiger partial charge in [-0.3, -0.25) is 4.79 Å². The van der Waals surface area contributed by atoms with E-state index in [-0.39, 0.29) is 23.4 Å². The topological polar surface area (TPSA) is 61.8 Å². The summed E-state index contributed by atoms with van der Waals surface area (Å²) in [5, 5.41) is 12.9. The van der Waals surface area contributed by atoms with Crippen LogP contribution >= 0.6 is 0 Å². The normalized spacial score (nSPS) is 16.1. The number of phenolic OH excluding ortho intramolecular Hbond substituents is 1. The highest BCUT2D eigenvalue weighted by Crippen LogP contribution is 2.37. The number of aromatic hydroxyl groups is 1. The van der Waals surface area contributed by atoms with Crippen LogP contribution in [0.15, 0.2) is 36.4 Å². The lowest BCUT2D eigenvalue weighted by atomic mass is 10.1. The lowest BCUT2D eigenvalue weighted by molar-refractivity contribution is 0.0982. The number of phenols is 1. The Labute approximate surface area is 135 Å². The van der Waals surface area contributed by atoms with E-state index in [1.165, 1.54) is 18.7 Å². The number of nitrogens with one attached hydrogen (secondary N) is 1. The van der Waals surface area contributed by atoms with Crippen molar-refractivity contribution in [1.29, 1.82) is 0 Å². The molecule has 0 spiro atoms. The van der Waals surface area contributed by atoms with E-state index in [4.69, 9.17) is 4.74 Å². The number of hydrogen-bond donors (Lipinski definition) is 2. The van der Waals surface area contributed by atoms with Crippen molar-refractivity contribution in [3.8, 4) is 11.5 Å². The minimum absolute atomic E-state index is 0.00303. The zero-order valence-corrected chi connectivity index (χ0v) is 13.5. The lowest BCUT2D eigenvalue weighted by Crippen LogP contribution is -2.36. The highest BCUT2D eigenvalue weighted by atomic mass is 16.5. The first kappa shape index (κ1) is 15.2. The van der Waals surface area contributed by atoms with Crippen LogP contribution in [0.25, 0.3) is 0 Å². The van der Waals surface area contributed by atoms with Crippen molar-refractivity contribution in [2.75, 3.05) is 24.4 Å². The average molecular weight is 312 g/mol. The summed E-state index contributed by atoms with van der Waals surface area (Å²) in [5.74, 6) is 0.181. The lowest BCUT2D eigenvalue weighted by Gasteiger charge is -2.24. The second kappa shape index (κ2) is 5.83. The molecule has 120 valence electrons. The maximum absolute atomic E-state index is 13.1. The Balaban J connectivity index is 2.07. The fourth-order valence-corrected chi connectivity index (χ4v) is 3.12. The van der Waals surface area contributed by atoms with Gasteiger partial charge in [-0.25, -0.2) is 0 Å². The van der Waals surface area contributed by atoms with Crippen molar-refractivity contribution in [2.24, 2.45) is 0 Å². The fraction of sp³-hybridized carbons (Fsp3) is 0.278. The molecule has 1 atom stereocenters. The fourth-order valence-electron chi connectivity index (χ4n) is 3.12. The van der Waals surface area contributed by atoms with Gasteiger partial charge in [0.25, 0.3) is 5.91 Å². The molecule has 1 unspecified atom stereocenters. The zero-order chi connectivity index (χ0) is 16.6. The molecular formula is C18H20N2O3. The van der Waals surface area contributed by atoms with Crippen LogP contribution in [0.4, 0.5) is 11.4 Å². The smallest absolute Gasteiger partial charge is 0.260 e. The molecule has 0 saturated heterocycles. The molecule has 0 fully saturated rings. The highest BCUT2D eigenvalue weighted by molar-refractivity contribution is 6.11. The molecule has 2 aromatic rings. The van der Waals surface area contributed by atoms with E-state index < -0.39 is 0 Å². The summed E-state index contributed by atoms with van der Waals surface area (Å²) >= 11 is 0. The number of methoxy groups -OCH3 is 1. The quantitative estimate of drug-likeness (QED) is 0.914. The van der Waals surface area contributed by atoms with Crippen molar-refractivity contribution in [2.45, 2.75) is 19.4 Å². The summed E-state index contributed by atoms with van der Waals surface area (Å²) in [7, 11) is 3.19. The van der Waals surface area contributed by atoms with Gasteiger partial charge in [-0.15, -0.1) is 0 Å². The van der Waals surface area contributed by atoms with E-state index in [0.717, 1.165) is 12.1 Å². The molecule has 0 saturated carbocycles. The van der Waals surface area contributed by atoms with Crippen LogP contribution in [0.3, 0.4) is 0 Å². The third-order valence-corrected chi connectivity index (χ3v) is 4.24. The highest BCUT2D eigenvalue weighted by Gasteiger charge is 2.32. The van der Waals surface area contributed by atoms with Gasteiger partial charge in [-0.1, -0.05) is 18.2 Å². The molecule has 3 rings (SSSR count). The standard InChI is InChI=1S/C18H20N2O3/c1-11-8-12-6-4-5-7-15(12)20(11)18(22)13-9-17(23-3)16(21)10-14(13)19-2/h4-7,9-11,19,21H,8H2,1-3H3. The summed E-state index contributed by atoms with van der Waals surface area (Å²) in [5.41, 5.74) is 3.17. The average Bonchev–Trinajstić information content (AvgIpc) is 2.89. The monoisotopic (exact) mass is 312 g/mol. The number of hydrogen-bond acceptors (Lipinski definition) is 4. The van der Waals surface area contributed by atoms with Crippen molar-refractivity contribution < 1.29 is 14.6 Å². The van der Waals surface area contributed by atoms with Crippen molar-refractivity contribution >= 4 is 17.3 Å². The Bertz CT molecular complexity index is 758. The Kier molecular flexibility index (Phi) is 3.86. The molecule has 5 nitrogen and oxygen atoms in total. The van der Waals surface area contributed by atoms with Crippen LogP contribution in [0.5, 0.6) is 11.5 Å². The van der Waals surface area contributed by atoms with Crippen LogP contribution in [0.2, 0.25) is 0 Å². The van der Waals surface area contributed by atoms with Gasteiger partial charge in [0.1, 0.15) is 0 Å². The number of carbonyl (C=O) groups is 1. The summed E-state index contributed by atoms with van der Waals surface area (Å²) in [6, 6.07) is 11.1. The van der Waals surface area contributed by atoms with Crippen molar-refractivity contribution in [3.63, 3.8) is 0 Å². The van der Waals surface area contributed by atoms with Crippen LogP contribution in [0, 0.1) is 0 Å². The second-order valence-corrected chi connectivity index (χ2v) is 5.68. The molecular weight excluding hydrogens is 292 g/mol. The molecule has 1 heterocycles. The Morgan fingerprint density at radius 2 is 2.09 bits per heavy atom. The number of ether oxygens (including phenoxy) is 1. The molecule has 0 aromatic heterocycles. The van der Waals surface area contributed by atoms with E-state index in [1.807, 2.05) is 30.0 Å². The maximum Gasteiger partial charge on any atom is 0.260 e. The van der Waals surface area contributed by atoms with E-state index in [9.17, 15) is 9.90 Å². The number of anilines is 2. The molecule has 2 N–H and O–H groups in total. The first-order valence-corrected chi connectivity index (χ1v) is 7.57. The molecule has 1 aliphatic rings. The van der Waals surface area contributed by atoms with Crippen LogP contribution < -0.4 is 15.0 Å². The van der Waals surface area contributed by atoms with Gasteiger partial charge in [0.05, 0.1) is 18.4 Å². The Morgan fingerprint density at radius 1 is 1.35 bits per heavy atom. The van der Waals surface area contributed by atoms with Gasteiger partial charge in [0.2, 0.25) is 0 Å². The zero-order valence-electron chi connectivity index (χ0n) is 13.5. The number of benzene rings is 2. The van der Waals surface area contributed by atoms with Crippen LogP contribution in [0.1, 0.15) is 22.8 Å². The summed E-state index contributed by atoms with van der Waals surface area (Å²) in [4.78, 5) is 14.9. The van der Waals surface area contributed by atoms with E-state index in [2.05, 4.69) is 11.4 Å². The molecule has 23 heavy (non-hydrogen) atoms. The van der Waals surface area contributed by atoms with Gasteiger partial charge < -0.3 is 20.1 Å². The van der Waals surface area contributed by atoms with E-state index in [0.29, 0.717) is 11.3 Å². The van der Waals surface area contributed by atoms with Gasteiger partial charge in [0, 0.05) is 24.8 Å². The second-order valence-electron chi connectivity index (χ2n) is 5.68. The minimum Gasteiger partial charge on any atom is -0.504 e. The minimum atomic E-state index is -0.106. The van der Waals surface area contributed by atoms with Crippen LogP contribution in [-0.4, -0.2) is 31.2 Å². The molecule has 0 bridgehead atoms. The molecule has 5 heteroatoms. The summed E-state index contributed by atoms with van der Waals surface area (Å²) in [6.07, 6.45) is 0.839. The predicted octanol–water partition coefficient (Wildman–Crippen LogP) is 3.03. The summed E-state index contributed by atoms with van der Waals surface area (Å²) in [6.45, 7) is 2.04. The molecule has 0 aliphatic carbocycles. The largest absolute Gasteiger partial charge is 0.504 e. The van der Waals surface area contributed by atoms with E-state index >= 15 is 0 Å². The Morgan fingerprint density at radius 3 is 2.78 bits per heavy atom. The predicted molar refractivity (Wildman–Crippen MR) is 90.6 cm³/mol. The molecule has 1 aliphatic heterocycles. The number of rotatable bonds is 3. The third-order valence-electron chi connectivity index (χ3n) is 4.24. The maximum atomic E-state index is 13.1. The number of carbonyl (C=O) groups excluding carboxylic acids is 1. The molecule has 2 aromatic carbocycles. The van der Waals surface area contributed by atoms with Crippen LogP contribution in [-0.2, 0) is 6.42 Å². The number of para-hydroxylation sites is 1. The van der Waals surface area contributed by atoms with Gasteiger partial charge in [-0.2, -0.15) is 0 Å². The van der Waals surface area contributed by atoms with E-state index in [1.54, 1.807) is 13.1 Å². The number of amides is 1. The third kappa shape index (κ3) is 2.48. The van der Waals surface area contributed by atoms with Gasteiger partial charge >= 0.3 is 0 Å². The SMILES string of the molecule is CNc1cc(O)c(OC)cc1C(=O)N1c2ccccc2CC1C.